The summed E-state index contributed by atoms with van der Waals surface area (Å²) in [4.78, 5) is 9.90. The van der Waals surface area contributed by atoms with E-state index in [9.17, 15) is 14.5 Å². The van der Waals surface area contributed by atoms with Gasteiger partial charge in [0.25, 0.3) is 0 Å². The molecule has 0 bridgehead atoms. The molecule has 0 aliphatic rings. The minimum atomic E-state index is -0.744. The Morgan fingerprint density at radius 2 is 2.06 bits per heavy atom. The van der Waals surface area contributed by atoms with Crippen LogP contribution in [-0.4, -0.2) is 11.0 Å². The minimum absolute atomic E-state index is 0.253. The molecule has 0 fully saturated rings. The second kappa shape index (κ2) is 6.44. The fourth-order valence-electron chi connectivity index (χ4n) is 1.92. The molecule has 0 aromatic heterocycles. The van der Waals surface area contributed by atoms with E-state index in [1.807, 2.05) is 6.92 Å². The zero-order valence-corrected chi connectivity index (χ0v) is 10.9. The van der Waals surface area contributed by atoms with Crippen LogP contribution in [0.5, 0.6) is 0 Å². The number of hydrogen-bond acceptors (Lipinski definition) is 3. The first-order valence-electron chi connectivity index (χ1n) is 6.07. The summed E-state index contributed by atoms with van der Waals surface area (Å²) in [5.41, 5.74) is -0.134. The molecule has 0 aliphatic heterocycles. The second-order valence-corrected chi connectivity index (χ2v) is 4.92. The third-order valence-electron chi connectivity index (χ3n) is 2.72. The molecular formula is C13H19FN2O2. The van der Waals surface area contributed by atoms with Crippen LogP contribution >= 0.6 is 0 Å². The molecule has 1 unspecified atom stereocenters. The monoisotopic (exact) mass is 254 g/mol. The van der Waals surface area contributed by atoms with Crippen molar-refractivity contribution in [2.45, 2.75) is 39.8 Å². The van der Waals surface area contributed by atoms with E-state index in [-0.39, 0.29) is 6.04 Å². The Kier molecular flexibility index (Phi) is 5.22. The molecule has 1 aromatic carbocycles. The summed E-state index contributed by atoms with van der Waals surface area (Å²) in [6.07, 6.45) is 0.983. The molecule has 1 atom stereocenters. The summed E-state index contributed by atoms with van der Waals surface area (Å²) in [6, 6.07) is 4.50. The van der Waals surface area contributed by atoms with Crippen LogP contribution in [0.3, 0.4) is 0 Å². The zero-order chi connectivity index (χ0) is 13.7. The van der Waals surface area contributed by atoms with Gasteiger partial charge < -0.3 is 5.32 Å². The quantitative estimate of drug-likeness (QED) is 0.626. The van der Waals surface area contributed by atoms with Gasteiger partial charge in [-0.2, -0.15) is 4.39 Å². The normalized spacial score (nSPS) is 12.7. The van der Waals surface area contributed by atoms with Crippen molar-refractivity contribution in [1.29, 1.82) is 0 Å². The smallest absolute Gasteiger partial charge is 0.305 e. The predicted octanol–water partition coefficient (Wildman–Crippen LogP) is 3.26. The number of halogens is 1. The summed E-state index contributed by atoms with van der Waals surface area (Å²) in [5.74, 6) is -0.186. The molecule has 0 heterocycles. The van der Waals surface area contributed by atoms with E-state index in [1.54, 1.807) is 6.07 Å². The maximum absolute atomic E-state index is 13.8. The van der Waals surface area contributed by atoms with Gasteiger partial charge >= 0.3 is 5.69 Å². The fraction of sp³-hybridized carbons (Fsp3) is 0.538. The molecule has 5 heteroatoms. The van der Waals surface area contributed by atoms with E-state index in [1.165, 1.54) is 12.1 Å². The third kappa shape index (κ3) is 4.07. The first-order valence-corrected chi connectivity index (χ1v) is 6.07. The molecule has 100 valence electrons. The standard InChI is InChI=1S/C13H19FN2O2/c1-9(2)7-10(3)15-8-11-5-4-6-12(13(11)14)16(17)18/h4-6,9-10,15H,7-8H2,1-3H3. The van der Waals surface area contributed by atoms with Gasteiger partial charge in [0.1, 0.15) is 0 Å². The number of hydrogen-bond donors (Lipinski definition) is 1. The Labute approximate surface area is 106 Å². The van der Waals surface area contributed by atoms with Gasteiger partial charge in [-0.25, -0.2) is 0 Å². The lowest BCUT2D eigenvalue weighted by atomic mass is 10.0. The molecule has 0 saturated heterocycles. The van der Waals surface area contributed by atoms with Crippen molar-refractivity contribution < 1.29 is 9.31 Å². The molecule has 0 amide bonds. The maximum Gasteiger partial charge on any atom is 0.305 e. The highest BCUT2D eigenvalue weighted by Crippen LogP contribution is 2.20. The van der Waals surface area contributed by atoms with Crippen LogP contribution in [0.4, 0.5) is 10.1 Å². The summed E-state index contributed by atoms with van der Waals surface area (Å²) in [7, 11) is 0. The van der Waals surface area contributed by atoms with Crippen LogP contribution in [0.1, 0.15) is 32.8 Å². The molecule has 0 saturated carbocycles. The highest BCUT2D eigenvalue weighted by atomic mass is 19.1. The Bertz CT molecular complexity index is 421. The van der Waals surface area contributed by atoms with Gasteiger partial charge in [0.2, 0.25) is 5.82 Å². The molecular weight excluding hydrogens is 235 g/mol. The van der Waals surface area contributed by atoms with Gasteiger partial charge in [0.15, 0.2) is 0 Å². The lowest BCUT2D eigenvalue weighted by molar-refractivity contribution is -0.387. The summed E-state index contributed by atoms with van der Waals surface area (Å²) >= 11 is 0. The molecule has 0 spiro atoms. The fourth-order valence-corrected chi connectivity index (χ4v) is 1.92. The summed E-state index contributed by atoms with van der Waals surface area (Å²) in [6.45, 7) is 6.56. The summed E-state index contributed by atoms with van der Waals surface area (Å²) < 4.78 is 13.8. The van der Waals surface area contributed by atoms with Gasteiger partial charge in [0, 0.05) is 24.2 Å². The molecule has 1 N–H and O–H groups in total. The van der Waals surface area contributed by atoms with E-state index in [4.69, 9.17) is 0 Å². The number of nitrogens with one attached hydrogen (secondary N) is 1. The lowest BCUT2D eigenvalue weighted by Gasteiger charge is -2.16. The first-order chi connectivity index (χ1) is 8.41. The van der Waals surface area contributed by atoms with Gasteiger partial charge in [-0.3, -0.25) is 10.1 Å². The van der Waals surface area contributed by atoms with Crippen molar-refractivity contribution in [1.82, 2.24) is 5.32 Å². The van der Waals surface area contributed by atoms with Crippen LogP contribution in [0, 0.1) is 21.8 Å². The zero-order valence-electron chi connectivity index (χ0n) is 10.9. The van der Waals surface area contributed by atoms with Crippen LogP contribution in [-0.2, 0) is 6.54 Å². The van der Waals surface area contributed by atoms with Crippen molar-refractivity contribution >= 4 is 5.69 Å². The van der Waals surface area contributed by atoms with E-state index < -0.39 is 16.4 Å². The van der Waals surface area contributed by atoms with E-state index in [2.05, 4.69) is 19.2 Å². The minimum Gasteiger partial charge on any atom is -0.310 e. The average Bonchev–Trinajstić information content (AvgIpc) is 2.26. The van der Waals surface area contributed by atoms with Gasteiger partial charge in [0.05, 0.1) is 4.92 Å². The summed E-state index contributed by atoms with van der Waals surface area (Å²) in [5, 5.41) is 13.8. The third-order valence-corrected chi connectivity index (χ3v) is 2.72. The van der Waals surface area contributed by atoms with E-state index >= 15 is 0 Å². The van der Waals surface area contributed by atoms with Crippen molar-refractivity contribution in [3.05, 3.63) is 39.7 Å². The van der Waals surface area contributed by atoms with Crippen molar-refractivity contribution in [2.24, 2.45) is 5.92 Å². The van der Waals surface area contributed by atoms with Gasteiger partial charge in [-0.05, 0) is 19.3 Å². The van der Waals surface area contributed by atoms with Crippen molar-refractivity contribution in [2.75, 3.05) is 0 Å². The van der Waals surface area contributed by atoms with Gasteiger partial charge in [-0.1, -0.05) is 26.0 Å². The molecule has 0 aliphatic carbocycles. The number of nitrogens with zero attached hydrogens (tertiary/aromatic N) is 1. The SMILES string of the molecule is CC(C)CC(C)NCc1cccc([N+](=O)[O-])c1F. The Morgan fingerprint density at radius 1 is 1.39 bits per heavy atom. The molecule has 0 radical (unpaired) electrons. The number of nitro groups is 1. The van der Waals surface area contributed by atoms with Crippen LogP contribution in [0.25, 0.3) is 0 Å². The number of rotatable bonds is 6. The van der Waals surface area contributed by atoms with E-state index in [0.29, 0.717) is 18.0 Å². The molecule has 4 nitrogen and oxygen atoms in total. The number of benzene rings is 1. The molecule has 1 aromatic rings. The molecule has 1 rings (SSSR count). The first kappa shape index (κ1) is 14.6. The van der Waals surface area contributed by atoms with Crippen molar-refractivity contribution in [3.63, 3.8) is 0 Å². The highest BCUT2D eigenvalue weighted by molar-refractivity contribution is 5.36. The number of nitro benzene ring substituents is 1. The predicted molar refractivity (Wildman–Crippen MR) is 68.8 cm³/mol. The Morgan fingerprint density at radius 3 is 2.61 bits per heavy atom. The van der Waals surface area contributed by atoms with Gasteiger partial charge in [-0.15, -0.1) is 0 Å². The van der Waals surface area contributed by atoms with Crippen molar-refractivity contribution in [3.8, 4) is 0 Å². The van der Waals surface area contributed by atoms with Crippen LogP contribution < -0.4 is 5.32 Å². The Balaban J connectivity index is 2.68. The van der Waals surface area contributed by atoms with Crippen LogP contribution in [0.2, 0.25) is 0 Å². The topological polar surface area (TPSA) is 55.2 Å². The highest BCUT2D eigenvalue weighted by Gasteiger charge is 2.17. The second-order valence-electron chi connectivity index (χ2n) is 4.92. The van der Waals surface area contributed by atoms with E-state index in [0.717, 1.165) is 6.42 Å². The van der Waals surface area contributed by atoms with Crippen LogP contribution in [0.15, 0.2) is 18.2 Å². The maximum atomic E-state index is 13.8. The lowest BCUT2D eigenvalue weighted by Crippen LogP contribution is -2.27. The largest absolute Gasteiger partial charge is 0.310 e. The molecule has 18 heavy (non-hydrogen) atoms. The Hall–Kier alpha value is -1.49. The average molecular weight is 254 g/mol.